The van der Waals surface area contributed by atoms with Crippen LogP contribution >= 0.6 is 11.3 Å². The second-order valence-electron chi connectivity index (χ2n) is 8.03. The molecule has 2 amide bonds. The van der Waals surface area contributed by atoms with Gasteiger partial charge in [0.1, 0.15) is 10.8 Å². The molecule has 0 spiro atoms. The van der Waals surface area contributed by atoms with Gasteiger partial charge >= 0.3 is 5.97 Å². The zero-order valence-electron chi connectivity index (χ0n) is 18.2. The first kappa shape index (κ1) is 22.8. The number of fused-ring (bicyclic) bond motifs is 1. The van der Waals surface area contributed by atoms with E-state index in [0.717, 1.165) is 40.8 Å². The fourth-order valence-electron chi connectivity index (χ4n) is 3.63. The molecule has 0 fully saturated rings. The van der Waals surface area contributed by atoms with E-state index in [1.807, 2.05) is 39.0 Å². The Labute approximate surface area is 185 Å². The normalized spacial score (nSPS) is 13.6. The number of primary amides is 1. The van der Waals surface area contributed by atoms with Crippen LogP contribution in [0.4, 0.5) is 5.00 Å². The average Bonchev–Trinajstić information content (AvgIpc) is 3.26. The summed E-state index contributed by atoms with van der Waals surface area (Å²) in [5, 5.41) is 3.11. The second kappa shape index (κ2) is 9.51. The van der Waals surface area contributed by atoms with Gasteiger partial charge in [-0.3, -0.25) is 9.59 Å². The van der Waals surface area contributed by atoms with Gasteiger partial charge in [0.05, 0.1) is 5.56 Å². The Balaban J connectivity index is 1.59. The van der Waals surface area contributed by atoms with Gasteiger partial charge in [-0.15, -0.1) is 11.3 Å². The number of amides is 2. The van der Waals surface area contributed by atoms with Gasteiger partial charge in [0, 0.05) is 4.88 Å². The smallest absolute Gasteiger partial charge is 0.344 e. The van der Waals surface area contributed by atoms with Crippen molar-refractivity contribution in [2.45, 2.75) is 59.0 Å². The summed E-state index contributed by atoms with van der Waals surface area (Å²) in [6.45, 7) is 7.21. The van der Waals surface area contributed by atoms with Gasteiger partial charge in [-0.05, 0) is 61.8 Å². The van der Waals surface area contributed by atoms with Crippen molar-refractivity contribution in [1.82, 2.24) is 0 Å². The number of thiophene rings is 1. The molecule has 0 saturated carbocycles. The van der Waals surface area contributed by atoms with Crippen molar-refractivity contribution in [1.29, 1.82) is 0 Å². The maximum Gasteiger partial charge on any atom is 0.344 e. The van der Waals surface area contributed by atoms with Gasteiger partial charge < -0.3 is 20.5 Å². The molecule has 0 aliphatic heterocycles. The lowest BCUT2D eigenvalue weighted by atomic mass is 10.0. The molecular weight excluding hydrogens is 416 g/mol. The minimum atomic E-state index is -1.05. The summed E-state index contributed by atoms with van der Waals surface area (Å²) >= 11 is 1.36. The number of esters is 1. The summed E-state index contributed by atoms with van der Waals surface area (Å²) in [7, 11) is 0. The molecule has 3 rings (SSSR count). The van der Waals surface area contributed by atoms with Crippen LogP contribution in [0.15, 0.2) is 18.2 Å². The van der Waals surface area contributed by atoms with Crippen LogP contribution in [0, 0.1) is 6.92 Å². The number of nitrogens with two attached hydrogens (primary N) is 1. The number of ether oxygens (including phenoxy) is 2. The quantitative estimate of drug-likeness (QED) is 0.604. The van der Waals surface area contributed by atoms with Crippen molar-refractivity contribution in [2.75, 3.05) is 11.9 Å². The summed E-state index contributed by atoms with van der Waals surface area (Å²) in [6, 6.07) is 5.85. The standard InChI is InChI=1S/C23H28N2O5S/c1-12(2)15-9-8-13(3)10-17(15)29-11-19(26)30-14(4)22(28)25-23-20(21(24)27)16-6-5-7-18(16)31-23/h8-10,12,14H,5-7,11H2,1-4H3,(H2,24,27)(H,25,28). The molecule has 1 aliphatic rings. The number of hydrogen-bond acceptors (Lipinski definition) is 6. The third-order valence-electron chi connectivity index (χ3n) is 5.22. The first-order chi connectivity index (χ1) is 14.7. The number of anilines is 1. The predicted octanol–water partition coefficient (Wildman–Crippen LogP) is 3.72. The van der Waals surface area contributed by atoms with E-state index in [0.29, 0.717) is 16.3 Å². The zero-order chi connectivity index (χ0) is 22.7. The van der Waals surface area contributed by atoms with Crippen molar-refractivity contribution < 1.29 is 23.9 Å². The van der Waals surface area contributed by atoms with Crippen LogP contribution in [-0.2, 0) is 27.2 Å². The van der Waals surface area contributed by atoms with Crippen LogP contribution in [0.5, 0.6) is 5.75 Å². The number of rotatable bonds is 8. The third-order valence-corrected chi connectivity index (χ3v) is 6.43. The molecule has 0 radical (unpaired) electrons. The van der Waals surface area contributed by atoms with Gasteiger partial charge in [-0.25, -0.2) is 4.79 Å². The van der Waals surface area contributed by atoms with Gasteiger partial charge in [-0.1, -0.05) is 26.0 Å². The molecule has 8 heteroatoms. The van der Waals surface area contributed by atoms with Gasteiger partial charge in [-0.2, -0.15) is 0 Å². The molecule has 1 aromatic heterocycles. The van der Waals surface area contributed by atoms with E-state index in [1.54, 1.807) is 0 Å². The molecule has 1 atom stereocenters. The predicted molar refractivity (Wildman–Crippen MR) is 120 cm³/mol. The van der Waals surface area contributed by atoms with Crippen LogP contribution in [0.3, 0.4) is 0 Å². The SMILES string of the molecule is Cc1ccc(C(C)C)c(OCC(=O)OC(C)C(=O)Nc2sc3c(c2C(N)=O)CCC3)c1. The largest absolute Gasteiger partial charge is 0.482 e. The summed E-state index contributed by atoms with van der Waals surface area (Å²) in [6.07, 6.45) is 1.58. The highest BCUT2D eigenvalue weighted by molar-refractivity contribution is 7.17. The Morgan fingerprint density at radius 3 is 2.61 bits per heavy atom. The van der Waals surface area contributed by atoms with Crippen molar-refractivity contribution in [3.05, 3.63) is 45.3 Å². The molecule has 1 aliphatic carbocycles. The highest BCUT2D eigenvalue weighted by Gasteiger charge is 2.28. The lowest BCUT2D eigenvalue weighted by Gasteiger charge is -2.16. The molecule has 0 saturated heterocycles. The van der Waals surface area contributed by atoms with Crippen LogP contribution in [0.2, 0.25) is 0 Å². The van der Waals surface area contributed by atoms with E-state index in [4.69, 9.17) is 15.2 Å². The second-order valence-corrected chi connectivity index (χ2v) is 9.14. The van der Waals surface area contributed by atoms with E-state index in [9.17, 15) is 14.4 Å². The number of hydrogen-bond donors (Lipinski definition) is 2. The average molecular weight is 445 g/mol. The molecule has 0 bridgehead atoms. The molecule has 3 N–H and O–H groups in total. The number of benzene rings is 1. The highest BCUT2D eigenvalue weighted by Crippen LogP contribution is 2.38. The first-order valence-corrected chi connectivity index (χ1v) is 11.2. The van der Waals surface area contributed by atoms with Crippen molar-refractivity contribution in [2.24, 2.45) is 5.73 Å². The van der Waals surface area contributed by atoms with Crippen molar-refractivity contribution >= 4 is 34.1 Å². The van der Waals surface area contributed by atoms with Crippen molar-refractivity contribution in [3.63, 3.8) is 0 Å². The Bertz CT molecular complexity index is 1010. The Morgan fingerprint density at radius 1 is 1.19 bits per heavy atom. The van der Waals surface area contributed by atoms with Gasteiger partial charge in [0.25, 0.3) is 11.8 Å². The molecule has 1 heterocycles. The number of aryl methyl sites for hydroxylation is 2. The van der Waals surface area contributed by atoms with E-state index in [2.05, 4.69) is 5.32 Å². The Kier molecular flexibility index (Phi) is 7.00. The lowest BCUT2D eigenvalue weighted by Crippen LogP contribution is -2.32. The fourth-order valence-corrected chi connectivity index (χ4v) is 4.93. The first-order valence-electron chi connectivity index (χ1n) is 10.4. The fraction of sp³-hybridized carbons (Fsp3) is 0.435. The summed E-state index contributed by atoms with van der Waals surface area (Å²) < 4.78 is 10.9. The number of carbonyl (C=O) groups is 3. The topological polar surface area (TPSA) is 108 Å². The maximum atomic E-state index is 12.5. The number of carbonyl (C=O) groups excluding carboxylic acids is 3. The van der Waals surface area contributed by atoms with Crippen LogP contribution < -0.4 is 15.8 Å². The van der Waals surface area contributed by atoms with E-state index in [-0.39, 0.29) is 12.5 Å². The molecule has 166 valence electrons. The van der Waals surface area contributed by atoms with Crippen LogP contribution in [0.1, 0.15) is 65.0 Å². The van der Waals surface area contributed by atoms with Gasteiger partial charge in [0.2, 0.25) is 0 Å². The summed E-state index contributed by atoms with van der Waals surface area (Å²) in [5.41, 5.74) is 8.82. The Hall–Kier alpha value is -2.87. The van der Waals surface area contributed by atoms with E-state index >= 15 is 0 Å². The monoisotopic (exact) mass is 444 g/mol. The molecule has 1 aromatic carbocycles. The zero-order valence-corrected chi connectivity index (χ0v) is 19.1. The van der Waals surface area contributed by atoms with Gasteiger partial charge in [0.15, 0.2) is 12.7 Å². The Morgan fingerprint density at radius 2 is 1.94 bits per heavy atom. The lowest BCUT2D eigenvalue weighted by molar-refractivity contribution is -0.155. The third kappa shape index (κ3) is 5.25. The highest BCUT2D eigenvalue weighted by atomic mass is 32.1. The molecule has 31 heavy (non-hydrogen) atoms. The number of nitrogens with one attached hydrogen (secondary N) is 1. The molecule has 7 nitrogen and oxygen atoms in total. The molecule has 2 aromatic rings. The van der Waals surface area contributed by atoms with Crippen molar-refractivity contribution in [3.8, 4) is 5.75 Å². The van der Waals surface area contributed by atoms with E-state index < -0.39 is 23.9 Å². The molecule has 1 unspecified atom stereocenters. The van der Waals surface area contributed by atoms with Crippen LogP contribution in [0.25, 0.3) is 0 Å². The summed E-state index contributed by atoms with van der Waals surface area (Å²) in [4.78, 5) is 37.7. The minimum Gasteiger partial charge on any atom is -0.482 e. The van der Waals surface area contributed by atoms with E-state index in [1.165, 1.54) is 18.3 Å². The minimum absolute atomic E-state index is 0.239. The van der Waals surface area contributed by atoms with Crippen LogP contribution in [-0.4, -0.2) is 30.5 Å². The maximum absolute atomic E-state index is 12.5. The summed E-state index contributed by atoms with van der Waals surface area (Å²) in [5.74, 6) is -0.866. The molecular formula is C23H28N2O5S.